The van der Waals surface area contributed by atoms with Crippen LogP contribution in [-0.2, 0) is 27.7 Å². The summed E-state index contributed by atoms with van der Waals surface area (Å²) in [7, 11) is 0. The minimum atomic E-state index is -4.53. The second kappa shape index (κ2) is 8.74. The van der Waals surface area contributed by atoms with Crippen LogP contribution >= 0.6 is 23.2 Å². The van der Waals surface area contributed by atoms with Gasteiger partial charge >= 0.3 is 12.1 Å². The third kappa shape index (κ3) is 4.29. The number of anilines is 2. The smallest absolute Gasteiger partial charge is 0.416 e. The van der Waals surface area contributed by atoms with E-state index in [1.165, 1.54) is 52.9 Å². The normalized spacial score (nSPS) is 19.8. The fourth-order valence-corrected chi connectivity index (χ4v) is 5.15. The molecule has 1 aliphatic carbocycles. The highest BCUT2D eigenvalue weighted by Gasteiger charge is 2.54. The lowest BCUT2D eigenvalue weighted by atomic mass is 9.91. The van der Waals surface area contributed by atoms with E-state index in [1.807, 2.05) is 0 Å². The number of alkyl halides is 3. The molecular weight excluding hydrogens is 548 g/mol. The molecule has 1 fully saturated rings. The van der Waals surface area contributed by atoms with E-state index in [-0.39, 0.29) is 46.6 Å². The van der Waals surface area contributed by atoms with Crippen molar-refractivity contribution in [2.45, 2.75) is 43.4 Å². The van der Waals surface area contributed by atoms with Crippen LogP contribution in [-0.4, -0.2) is 38.0 Å². The molecule has 2 aliphatic rings. The molecule has 1 saturated carbocycles. The van der Waals surface area contributed by atoms with Gasteiger partial charge in [0.15, 0.2) is 0 Å². The molecule has 1 atom stereocenters. The van der Waals surface area contributed by atoms with E-state index < -0.39 is 40.6 Å². The van der Waals surface area contributed by atoms with Gasteiger partial charge in [0, 0.05) is 16.5 Å². The van der Waals surface area contributed by atoms with Gasteiger partial charge in [0.05, 0.1) is 17.4 Å². The van der Waals surface area contributed by atoms with Crippen molar-refractivity contribution in [2.24, 2.45) is 0 Å². The second-order valence-corrected chi connectivity index (χ2v) is 10.4. The Bertz CT molecular complexity index is 1460. The van der Waals surface area contributed by atoms with Gasteiger partial charge in [0.2, 0.25) is 5.95 Å². The molecular formula is C25H19Cl2F3N4O4. The number of hydrogen-bond donors (Lipinski definition) is 2. The van der Waals surface area contributed by atoms with Gasteiger partial charge in [-0.3, -0.25) is 14.2 Å². The summed E-state index contributed by atoms with van der Waals surface area (Å²) in [4.78, 5) is 44.4. The lowest BCUT2D eigenvalue weighted by Crippen LogP contribution is -2.46. The van der Waals surface area contributed by atoms with Crippen LogP contribution < -0.4 is 10.2 Å². The van der Waals surface area contributed by atoms with E-state index in [9.17, 15) is 32.7 Å². The van der Waals surface area contributed by atoms with Crippen LogP contribution in [0.5, 0.6) is 0 Å². The first-order valence-corrected chi connectivity index (χ1v) is 12.1. The lowest BCUT2D eigenvalue weighted by molar-refractivity contribution is -0.140. The molecule has 0 saturated heterocycles. The SMILES string of the molecule is C[C@@]1(Cc2ccc(C(F)(F)F)cc2)C(=O)N(c2cc(Cl)cc(Cl)c2)c2ncc(C(=O)NC3(C(=O)O)CC3)n21. The van der Waals surface area contributed by atoms with E-state index in [4.69, 9.17) is 23.2 Å². The first-order valence-electron chi connectivity index (χ1n) is 11.4. The van der Waals surface area contributed by atoms with Crippen LogP contribution in [0.2, 0.25) is 10.0 Å². The summed E-state index contributed by atoms with van der Waals surface area (Å²) in [6.07, 6.45) is -2.89. The minimum Gasteiger partial charge on any atom is -0.480 e. The van der Waals surface area contributed by atoms with Gasteiger partial charge < -0.3 is 10.4 Å². The Balaban J connectivity index is 1.60. The number of fused-ring (bicyclic) bond motifs is 1. The van der Waals surface area contributed by atoms with E-state index in [0.29, 0.717) is 5.56 Å². The van der Waals surface area contributed by atoms with Crippen LogP contribution in [0.15, 0.2) is 48.7 Å². The highest BCUT2D eigenvalue weighted by atomic mass is 35.5. The number of aliphatic carboxylic acids is 1. The molecule has 5 rings (SSSR count). The molecule has 0 unspecified atom stereocenters. The van der Waals surface area contributed by atoms with Gasteiger partial charge in [0.1, 0.15) is 16.8 Å². The van der Waals surface area contributed by atoms with Gasteiger partial charge in [-0.05, 0) is 55.7 Å². The molecule has 2 aromatic carbocycles. The fourth-order valence-electron chi connectivity index (χ4n) is 4.64. The van der Waals surface area contributed by atoms with Crippen molar-refractivity contribution >= 4 is 52.6 Å². The number of amides is 2. The highest BCUT2D eigenvalue weighted by Crippen LogP contribution is 2.44. The van der Waals surface area contributed by atoms with E-state index in [1.54, 1.807) is 0 Å². The summed E-state index contributed by atoms with van der Waals surface area (Å²) in [5, 5.41) is 12.5. The molecule has 38 heavy (non-hydrogen) atoms. The van der Waals surface area contributed by atoms with Gasteiger partial charge in [-0.15, -0.1) is 0 Å². The monoisotopic (exact) mass is 566 g/mol. The number of nitrogens with one attached hydrogen (secondary N) is 1. The molecule has 1 aliphatic heterocycles. The maximum absolute atomic E-state index is 14.0. The molecule has 0 radical (unpaired) electrons. The van der Waals surface area contributed by atoms with E-state index in [0.717, 1.165) is 12.1 Å². The number of imidazole rings is 1. The number of carbonyl (C=O) groups is 3. The number of carboxylic acid groups (broad SMARTS) is 1. The van der Waals surface area contributed by atoms with E-state index >= 15 is 0 Å². The molecule has 13 heteroatoms. The summed E-state index contributed by atoms with van der Waals surface area (Å²) < 4.78 is 40.6. The predicted octanol–water partition coefficient (Wildman–Crippen LogP) is 5.19. The molecule has 2 amide bonds. The Kier molecular flexibility index (Phi) is 5.99. The van der Waals surface area contributed by atoms with Crippen LogP contribution in [0.3, 0.4) is 0 Å². The van der Waals surface area contributed by atoms with Gasteiger partial charge in [-0.2, -0.15) is 13.2 Å². The topological polar surface area (TPSA) is 105 Å². The van der Waals surface area contributed by atoms with Gasteiger partial charge in [-0.25, -0.2) is 14.7 Å². The molecule has 2 N–H and O–H groups in total. The number of carbonyl (C=O) groups excluding carboxylic acids is 2. The number of carboxylic acids is 1. The van der Waals surface area contributed by atoms with E-state index in [2.05, 4.69) is 10.3 Å². The zero-order valence-electron chi connectivity index (χ0n) is 19.6. The summed E-state index contributed by atoms with van der Waals surface area (Å²) in [6.45, 7) is 1.53. The van der Waals surface area contributed by atoms with Crippen molar-refractivity contribution < 1.29 is 32.7 Å². The summed E-state index contributed by atoms with van der Waals surface area (Å²) in [5.74, 6) is -2.41. The molecule has 0 bridgehead atoms. The highest BCUT2D eigenvalue weighted by molar-refractivity contribution is 6.35. The zero-order valence-corrected chi connectivity index (χ0v) is 21.2. The quantitative estimate of drug-likeness (QED) is 0.427. The summed E-state index contributed by atoms with van der Waals surface area (Å²) in [5.41, 5.74) is -3.17. The van der Waals surface area contributed by atoms with Crippen molar-refractivity contribution in [3.63, 3.8) is 0 Å². The number of rotatable bonds is 6. The zero-order chi connectivity index (χ0) is 27.6. The Morgan fingerprint density at radius 1 is 1.11 bits per heavy atom. The van der Waals surface area contributed by atoms with Crippen molar-refractivity contribution in [1.29, 1.82) is 0 Å². The number of halogens is 5. The number of nitrogens with zero attached hydrogens (tertiary/aromatic N) is 3. The molecule has 1 aromatic heterocycles. The Hall–Kier alpha value is -3.57. The fraction of sp³-hybridized carbons (Fsp3) is 0.280. The lowest BCUT2D eigenvalue weighted by Gasteiger charge is -2.27. The number of benzene rings is 2. The average molecular weight is 567 g/mol. The Morgan fingerprint density at radius 3 is 2.24 bits per heavy atom. The summed E-state index contributed by atoms with van der Waals surface area (Å²) in [6, 6.07) is 8.80. The number of aromatic nitrogens is 2. The molecule has 8 nitrogen and oxygen atoms in total. The Labute approximate surface area is 224 Å². The summed E-state index contributed by atoms with van der Waals surface area (Å²) >= 11 is 12.3. The molecule has 198 valence electrons. The van der Waals surface area contributed by atoms with Crippen LogP contribution in [0.1, 0.15) is 41.4 Å². The maximum atomic E-state index is 14.0. The number of hydrogen-bond acceptors (Lipinski definition) is 4. The Morgan fingerprint density at radius 2 is 1.71 bits per heavy atom. The molecule has 2 heterocycles. The van der Waals surface area contributed by atoms with Gasteiger partial charge in [0.25, 0.3) is 11.8 Å². The van der Waals surface area contributed by atoms with Gasteiger partial charge in [-0.1, -0.05) is 35.3 Å². The minimum absolute atomic E-state index is 0.0491. The second-order valence-electron chi connectivity index (χ2n) is 9.53. The first-order chi connectivity index (χ1) is 17.7. The van der Waals surface area contributed by atoms with Crippen LogP contribution in [0.25, 0.3) is 0 Å². The van der Waals surface area contributed by atoms with Crippen molar-refractivity contribution in [3.8, 4) is 0 Å². The molecule has 3 aromatic rings. The standard InChI is InChI=1S/C25H19Cl2F3N4O4/c1-23(11-13-2-4-14(5-3-13)25(28,29)30)20(36)33(17-9-15(26)8-16(27)10-17)22-31-12-18(34(22)23)19(35)32-24(6-7-24)21(37)38/h2-5,8-10,12H,6-7,11H2,1H3,(H,32,35)(H,37,38)/t23-/m1/s1. The molecule has 0 spiro atoms. The van der Waals surface area contributed by atoms with Crippen LogP contribution in [0, 0.1) is 0 Å². The third-order valence-electron chi connectivity index (χ3n) is 6.78. The van der Waals surface area contributed by atoms with Crippen molar-refractivity contribution in [3.05, 3.63) is 75.5 Å². The average Bonchev–Trinajstić information content (AvgIpc) is 3.41. The van der Waals surface area contributed by atoms with Crippen LogP contribution in [0.4, 0.5) is 24.8 Å². The third-order valence-corrected chi connectivity index (χ3v) is 7.22. The van der Waals surface area contributed by atoms with Crippen molar-refractivity contribution in [1.82, 2.24) is 14.9 Å². The van der Waals surface area contributed by atoms with Crippen molar-refractivity contribution in [2.75, 3.05) is 4.90 Å². The predicted molar refractivity (Wildman–Crippen MR) is 132 cm³/mol. The largest absolute Gasteiger partial charge is 0.480 e. The first kappa shape index (κ1) is 26.1. The maximum Gasteiger partial charge on any atom is 0.416 e.